The zero-order valence-electron chi connectivity index (χ0n) is 13.4. The molecule has 0 aromatic rings. The van der Waals surface area contributed by atoms with Crippen molar-refractivity contribution in [3.05, 3.63) is 11.1 Å². The van der Waals surface area contributed by atoms with Gasteiger partial charge < -0.3 is 4.74 Å². The first-order valence-electron chi connectivity index (χ1n) is 7.33. The van der Waals surface area contributed by atoms with Crippen LogP contribution in [0.1, 0.15) is 53.9 Å². The van der Waals surface area contributed by atoms with Gasteiger partial charge in [-0.2, -0.15) is 0 Å². The average molecular weight is 267 g/mol. The van der Waals surface area contributed by atoms with Crippen LogP contribution in [0.25, 0.3) is 0 Å². The van der Waals surface area contributed by atoms with Gasteiger partial charge in [0.15, 0.2) is 0 Å². The van der Waals surface area contributed by atoms with Gasteiger partial charge in [-0.25, -0.2) is 4.79 Å². The molecule has 3 nitrogen and oxygen atoms in total. The quantitative estimate of drug-likeness (QED) is 0.577. The van der Waals surface area contributed by atoms with Crippen molar-refractivity contribution in [1.29, 1.82) is 0 Å². The summed E-state index contributed by atoms with van der Waals surface area (Å²) in [4.78, 5) is 14.2. The third-order valence-corrected chi connectivity index (χ3v) is 4.96. The number of methoxy groups -OCH3 is 1. The molecular weight excluding hydrogens is 238 g/mol. The maximum atomic E-state index is 11.7. The first kappa shape index (κ1) is 16.2. The summed E-state index contributed by atoms with van der Waals surface area (Å²) in [7, 11) is 1.44. The number of piperidine rings is 1. The van der Waals surface area contributed by atoms with Crippen molar-refractivity contribution >= 4 is 5.97 Å². The van der Waals surface area contributed by atoms with E-state index in [4.69, 9.17) is 4.74 Å². The molecule has 1 rings (SSSR count). The minimum atomic E-state index is -0.209. The van der Waals surface area contributed by atoms with E-state index >= 15 is 0 Å². The van der Waals surface area contributed by atoms with E-state index in [1.54, 1.807) is 0 Å². The van der Waals surface area contributed by atoms with Gasteiger partial charge in [-0.1, -0.05) is 18.9 Å². The zero-order valence-corrected chi connectivity index (χ0v) is 13.4. The minimum absolute atomic E-state index is 0.0831. The highest BCUT2D eigenvalue weighted by molar-refractivity contribution is 5.88. The summed E-state index contributed by atoms with van der Waals surface area (Å²) in [5.41, 5.74) is 1.97. The van der Waals surface area contributed by atoms with Gasteiger partial charge >= 0.3 is 5.97 Å². The fourth-order valence-electron chi connectivity index (χ4n) is 2.91. The van der Waals surface area contributed by atoms with E-state index in [2.05, 4.69) is 32.6 Å². The van der Waals surface area contributed by atoms with Crippen LogP contribution in [0, 0.1) is 5.92 Å². The van der Waals surface area contributed by atoms with Crippen LogP contribution in [0.2, 0.25) is 0 Å². The molecule has 0 aliphatic carbocycles. The van der Waals surface area contributed by atoms with Crippen molar-refractivity contribution < 1.29 is 9.53 Å². The number of carbonyl (C=O) groups is 1. The van der Waals surface area contributed by atoms with Gasteiger partial charge in [0, 0.05) is 11.1 Å². The lowest BCUT2D eigenvalue weighted by Crippen LogP contribution is -2.51. The summed E-state index contributed by atoms with van der Waals surface area (Å²) in [6.07, 6.45) is 3.92. The van der Waals surface area contributed by atoms with Gasteiger partial charge in [0.25, 0.3) is 0 Å². The molecule has 1 aliphatic heterocycles. The van der Waals surface area contributed by atoms with Gasteiger partial charge in [-0.05, 0) is 59.5 Å². The molecule has 1 unspecified atom stereocenters. The van der Waals surface area contributed by atoms with E-state index in [0.717, 1.165) is 11.1 Å². The molecule has 1 atom stereocenters. The monoisotopic (exact) mass is 267 g/mol. The van der Waals surface area contributed by atoms with E-state index in [1.165, 1.54) is 39.5 Å². The second kappa shape index (κ2) is 6.56. The van der Waals surface area contributed by atoms with Crippen LogP contribution in [0.3, 0.4) is 0 Å². The van der Waals surface area contributed by atoms with E-state index in [-0.39, 0.29) is 11.5 Å². The van der Waals surface area contributed by atoms with Crippen LogP contribution < -0.4 is 0 Å². The highest BCUT2D eigenvalue weighted by atomic mass is 16.5. The van der Waals surface area contributed by atoms with Crippen molar-refractivity contribution in [2.24, 2.45) is 5.92 Å². The second-order valence-electron chi connectivity index (χ2n) is 6.22. The number of likely N-dealkylation sites (tertiary alicyclic amines) is 1. The molecule has 0 N–H and O–H groups in total. The summed E-state index contributed by atoms with van der Waals surface area (Å²) >= 11 is 0. The highest BCUT2D eigenvalue weighted by Gasteiger charge is 2.35. The molecular formula is C16H29NO2. The molecule has 0 bridgehead atoms. The number of ether oxygens (including phenoxy) is 1. The molecule has 1 saturated heterocycles. The highest BCUT2D eigenvalue weighted by Crippen LogP contribution is 2.33. The first-order valence-corrected chi connectivity index (χ1v) is 7.33. The molecule has 0 aromatic carbocycles. The van der Waals surface area contributed by atoms with Crippen molar-refractivity contribution in [3.8, 4) is 0 Å². The summed E-state index contributed by atoms with van der Waals surface area (Å²) < 4.78 is 4.83. The van der Waals surface area contributed by atoms with E-state index in [9.17, 15) is 4.79 Å². The third-order valence-electron chi connectivity index (χ3n) is 4.96. The van der Waals surface area contributed by atoms with E-state index < -0.39 is 0 Å². The fraction of sp³-hybridized carbons (Fsp3) is 0.812. The van der Waals surface area contributed by atoms with Crippen LogP contribution in [-0.4, -0.2) is 36.6 Å². The minimum Gasteiger partial charge on any atom is -0.466 e. The van der Waals surface area contributed by atoms with Crippen LogP contribution in [-0.2, 0) is 9.53 Å². The SMILES string of the molecule is COC(=O)/C(C)=C(\C)C(C)C(C)(C)N1CCCCC1. The summed E-state index contributed by atoms with van der Waals surface area (Å²) in [6.45, 7) is 13.1. The summed E-state index contributed by atoms with van der Waals surface area (Å²) in [5.74, 6) is 0.128. The largest absolute Gasteiger partial charge is 0.466 e. The second-order valence-corrected chi connectivity index (χ2v) is 6.22. The molecule has 1 aliphatic rings. The fourth-order valence-corrected chi connectivity index (χ4v) is 2.91. The van der Waals surface area contributed by atoms with Crippen molar-refractivity contribution in [2.75, 3.05) is 20.2 Å². The third kappa shape index (κ3) is 3.59. The van der Waals surface area contributed by atoms with Gasteiger partial charge in [-0.3, -0.25) is 4.90 Å². The zero-order chi connectivity index (χ0) is 14.6. The number of rotatable bonds is 4. The lowest BCUT2D eigenvalue weighted by molar-refractivity contribution is -0.136. The Balaban J connectivity index is 2.90. The molecule has 3 heteroatoms. The summed E-state index contributed by atoms with van der Waals surface area (Å²) in [6, 6.07) is 0. The lowest BCUT2D eigenvalue weighted by Gasteiger charge is -2.45. The van der Waals surface area contributed by atoms with Crippen LogP contribution >= 0.6 is 0 Å². The Morgan fingerprint density at radius 2 is 1.68 bits per heavy atom. The molecule has 110 valence electrons. The predicted octanol–water partition coefficient (Wildman–Crippen LogP) is 3.40. The normalized spacial score (nSPS) is 20.7. The molecule has 19 heavy (non-hydrogen) atoms. The van der Waals surface area contributed by atoms with Gasteiger partial charge in [0.2, 0.25) is 0 Å². The van der Waals surface area contributed by atoms with E-state index in [0.29, 0.717) is 5.92 Å². The Morgan fingerprint density at radius 1 is 1.16 bits per heavy atom. The standard InChI is InChI=1S/C16H29NO2/c1-12(13(2)15(18)19-6)14(3)16(4,5)17-10-8-7-9-11-17/h14H,7-11H2,1-6H3/b13-12+. The molecule has 1 heterocycles. The Bertz CT molecular complexity index is 352. The smallest absolute Gasteiger partial charge is 0.333 e. The number of carbonyl (C=O) groups excluding carboxylic acids is 1. The molecule has 1 fully saturated rings. The number of hydrogen-bond acceptors (Lipinski definition) is 3. The number of hydrogen-bond donors (Lipinski definition) is 0. The maximum Gasteiger partial charge on any atom is 0.333 e. The molecule has 0 spiro atoms. The number of esters is 1. The average Bonchev–Trinajstić information content (AvgIpc) is 2.44. The predicted molar refractivity (Wildman–Crippen MR) is 79.1 cm³/mol. The lowest BCUT2D eigenvalue weighted by atomic mass is 9.79. The van der Waals surface area contributed by atoms with Crippen LogP contribution in [0.5, 0.6) is 0 Å². The van der Waals surface area contributed by atoms with Crippen LogP contribution in [0.15, 0.2) is 11.1 Å². The van der Waals surface area contributed by atoms with E-state index in [1.807, 2.05) is 6.92 Å². The Morgan fingerprint density at radius 3 is 2.16 bits per heavy atom. The Kier molecular flexibility index (Phi) is 5.60. The molecule has 0 aromatic heterocycles. The molecule has 0 radical (unpaired) electrons. The van der Waals surface area contributed by atoms with Gasteiger partial charge in [0.1, 0.15) is 0 Å². The van der Waals surface area contributed by atoms with Crippen molar-refractivity contribution in [2.45, 2.75) is 59.4 Å². The van der Waals surface area contributed by atoms with Gasteiger partial charge in [0.05, 0.1) is 7.11 Å². The molecule has 0 saturated carbocycles. The van der Waals surface area contributed by atoms with Crippen LogP contribution in [0.4, 0.5) is 0 Å². The summed E-state index contributed by atoms with van der Waals surface area (Å²) in [5, 5.41) is 0. The van der Waals surface area contributed by atoms with Crippen molar-refractivity contribution in [3.63, 3.8) is 0 Å². The Labute approximate surface area is 118 Å². The first-order chi connectivity index (χ1) is 8.82. The van der Waals surface area contributed by atoms with Gasteiger partial charge in [-0.15, -0.1) is 0 Å². The maximum absolute atomic E-state index is 11.7. The topological polar surface area (TPSA) is 29.5 Å². The Hall–Kier alpha value is -0.830. The number of nitrogens with zero attached hydrogens (tertiary/aromatic N) is 1. The van der Waals surface area contributed by atoms with Crippen molar-refractivity contribution in [1.82, 2.24) is 4.90 Å². The molecule has 0 amide bonds.